The summed E-state index contributed by atoms with van der Waals surface area (Å²) in [6, 6.07) is 8.16. The summed E-state index contributed by atoms with van der Waals surface area (Å²) in [7, 11) is 0. The maximum atomic E-state index is 11.7. The monoisotopic (exact) mass is 322 g/mol. The zero-order valence-corrected chi connectivity index (χ0v) is 11.6. The maximum absolute atomic E-state index is 11.7. The van der Waals surface area contributed by atoms with Crippen LogP contribution in [0, 0.1) is 6.92 Å². The molecule has 1 aromatic rings. The predicted octanol–water partition coefficient (Wildman–Crippen LogP) is 2.35. The van der Waals surface area contributed by atoms with Crippen molar-refractivity contribution >= 4 is 26.9 Å². The molecule has 0 aliphatic carbocycles. The molecule has 1 aromatic carbocycles. The van der Waals surface area contributed by atoms with Crippen molar-refractivity contribution in [1.29, 1.82) is 0 Å². The summed E-state index contributed by atoms with van der Waals surface area (Å²) < 4.78 is 5.08. The van der Waals surface area contributed by atoms with E-state index in [9.17, 15) is 4.79 Å². The van der Waals surface area contributed by atoms with Crippen molar-refractivity contribution in [3.63, 3.8) is 0 Å². The Morgan fingerprint density at radius 3 is 2.47 bits per heavy atom. The number of esters is 1. The third kappa shape index (κ3) is 3.52. The van der Waals surface area contributed by atoms with Crippen molar-refractivity contribution < 1.29 is 9.53 Å². The predicted molar refractivity (Wildman–Crippen MR) is 62.2 cm³/mol. The van der Waals surface area contributed by atoms with Gasteiger partial charge in [-0.1, -0.05) is 0 Å². The molecule has 0 amide bonds. The molecule has 0 radical (unpaired) electrons. The van der Waals surface area contributed by atoms with Gasteiger partial charge < -0.3 is 0 Å². The summed E-state index contributed by atoms with van der Waals surface area (Å²) in [4.78, 5) is 13.8. The Morgan fingerprint density at radius 2 is 2.00 bits per heavy atom. The van der Waals surface area contributed by atoms with Gasteiger partial charge in [-0.2, -0.15) is 0 Å². The van der Waals surface area contributed by atoms with Crippen LogP contribution in [0.4, 0.5) is 0 Å². The van der Waals surface area contributed by atoms with Crippen LogP contribution < -0.4 is 0 Å². The van der Waals surface area contributed by atoms with Gasteiger partial charge in [-0.3, -0.25) is 0 Å². The Hall–Kier alpha value is -0.520. The first-order valence-electron chi connectivity index (χ1n) is 4.95. The molecule has 1 rings (SSSR count). The molecule has 1 atom stereocenters. The number of rotatable bonds is 4. The van der Waals surface area contributed by atoms with Gasteiger partial charge in [0.15, 0.2) is 0 Å². The fraction of sp³-hybridized carbons (Fsp3) is 0.417. The van der Waals surface area contributed by atoms with Crippen molar-refractivity contribution in [3.05, 3.63) is 35.4 Å². The topological polar surface area (TPSA) is 26.3 Å². The molecule has 3 heteroatoms. The fourth-order valence-electron chi connectivity index (χ4n) is 1.33. The van der Waals surface area contributed by atoms with Gasteiger partial charge in [-0.15, -0.1) is 0 Å². The summed E-state index contributed by atoms with van der Waals surface area (Å²) in [5.41, 5.74) is 2.32. The molecule has 0 saturated heterocycles. The second-order valence-electron chi connectivity index (χ2n) is 3.28. The zero-order valence-electron chi connectivity index (χ0n) is 9.32. The van der Waals surface area contributed by atoms with Crippen LogP contribution in [0.5, 0.6) is 0 Å². The van der Waals surface area contributed by atoms with Crippen molar-refractivity contribution in [3.8, 4) is 0 Å². The van der Waals surface area contributed by atoms with Crippen LogP contribution in [-0.4, -0.2) is 33.5 Å². The first-order chi connectivity index (χ1) is 7.19. The Balaban J connectivity index is 2.82. The molecular formula is C12H16O2Te. The van der Waals surface area contributed by atoms with Crippen molar-refractivity contribution in [2.24, 2.45) is 0 Å². The van der Waals surface area contributed by atoms with E-state index in [1.807, 2.05) is 38.1 Å². The number of hydrogen-bond donors (Lipinski definition) is 0. The number of hydrogen-bond acceptors (Lipinski definition) is 2. The fourth-order valence-corrected chi connectivity index (χ4v) is 3.30. The molecule has 0 heterocycles. The SMILES string of the molecule is CCOC(=O)C([Te]C)c1ccc(C)cc1. The molecule has 0 N–H and O–H groups in total. The Morgan fingerprint density at radius 1 is 1.40 bits per heavy atom. The molecule has 82 valence electrons. The van der Waals surface area contributed by atoms with Gasteiger partial charge in [0.05, 0.1) is 0 Å². The van der Waals surface area contributed by atoms with E-state index >= 15 is 0 Å². The van der Waals surface area contributed by atoms with E-state index in [0.717, 1.165) is 5.56 Å². The van der Waals surface area contributed by atoms with E-state index < -0.39 is 0 Å². The van der Waals surface area contributed by atoms with Crippen LogP contribution in [0.3, 0.4) is 0 Å². The van der Waals surface area contributed by atoms with Crippen LogP contribution in [0.1, 0.15) is 22.0 Å². The number of benzene rings is 1. The van der Waals surface area contributed by atoms with Gasteiger partial charge in [0.1, 0.15) is 0 Å². The Bertz CT molecular complexity index is 319. The first-order valence-corrected chi connectivity index (χ1v) is 8.62. The van der Waals surface area contributed by atoms with Gasteiger partial charge >= 0.3 is 101 Å². The quantitative estimate of drug-likeness (QED) is 0.629. The summed E-state index contributed by atoms with van der Waals surface area (Å²) in [6.45, 7) is 4.36. The number of carbonyl (C=O) groups excluding carboxylic acids is 1. The molecule has 0 aliphatic rings. The van der Waals surface area contributed by atoms with E-state index in [2.05, 4.69) is 4.97 Å². The second kappa shape index (κ2) is 6.15. The number of carbonyl (C=O) groups is 1. The minimum absolute atomic E-state index is 0.0101. The van der Waals surface area contributed by atoms with Gasteiger partial charge in [0.25, 0.3) is 0 Å². The van der Waals surface area contributed by atoms with E-state index in [4.69, 9.17) is 4.74 Å². The van der Waals surface area contributed by atoms with E-state index in [1.54, 1.807) is 0 Å². The first kappa shape index (κ1) is 12.5. The summed E-state index contributed by atoms with van der Waals surface area (Å²) in [5, 5.41) is 0. The molecule has 0 saturated carbocycles. The standard InChI is InChI=1S/C12H16O2Te/c1-4-14-12(13)11(15-3)10-7-5-9(2)6-8-10/h5-8,11H,4H2,1-3H3. The molecule has 0 fully saturated rings. The van der Waals surface area contributed by atoms with E-state index in [1.165, 1.54) is 5.56 Å². The van der Waals surface area contributed by atoms with Crippen molar-refractivity contribution in [1.82, 2.24) is 0 Å². The van der Waals surface area contributed by atoms with Gasteiger partial charge in [0.2, 0.25) is 0 Å². The van der Waals surface area contributed by atoms with Crippen LogP contribution >= 0.6 is 0 Å². The molecule has 0 aliphatic heterocycles. The third-order valence-corrected chi connectivity index (χ3v) is 4.79. The Labute approximate surface area is 101 Å². The normalized spacial score (nSPS) is 12.2. The minimum atomic E-state index is -0.348. The van der Waals surface area contributed by atoms with Crippen LogP contribution in [-0.2, 0) is 9.53 Å². The summed E-state index contributed by atoms with van der Waals surface area (Å²) >= 11 is -0.348. The molecule has 0 spiro atoms. The second-order valence-corrected chi connectivity index (χ2v) is 5.97. The number of ether oxygens (including phenoxy) is 1. The van der Waals surface area contributed by atoms with Gasteiger partial charge in [-0.25, -0.2) is 0 Å². The molecule has 0 bridgehead atoms. The summed E-state index contributed by atoms with van der Waals surface area (Å²) in [5.74, 6) is -0.0637. The average Bonchev–Trinajstić information content (AvgIpc) is 2.22. The van der Waals surface area contributed by atoms with Crippen LogP contribution in [0.2, 0.25) is 4.97 Å². The van der Waals surface area contributed by atoms with Crippen LogP contribution in [0.25, 0.3) is 0 Å². The van der Waals surface area contributed by atoms with Crippen LogP contribution in [0.15, 0.2) is 24.3 Å². The van der Waals surface area contributed by atoms with Crippen molar-refractivity contribution in [2.75, 3.05) is 6.61 Å². The summed E-state index contributed by atoms with van der Waals surface area (Å²) in [6.07, 6.45) is 0. The van der Waals surface area contributed by atoms with E-state index in [-0.39, 0.29) is 30.9 Å². The molecule has 1 unspecified atom stereocenters. The van der Waals surface area contributed by atoms with Crippen molar-refractivity contribution in [2.45, 2.75) is 22.8 Å². The van der Waals surface area contributed by atoms with E-state index in [0.29, 0.717) is 6.61 Å². The number of aryl methyl sites for hydroxylation is 1. The molecule has 15 heavy (non-hydrogen) atoms. The molecule has 0 aromatic heterocycles. The average molecular weight is 320 g/mol. The zero-order chi connectivity index (χ0) is 11.3. The molecular weight excluding hydrogens is 304 g/mol. The molecule has 2 nitrogen and oxygen atoms in total. The third-order valence-electron chi connectivity index (χ3n) is 2.12. The van der Waals surface area contributed by atoms with Gasteiger partial charge in [-0.05, 0) is 0 Å². The Kier molecular flexibility index (Phi) is 5.14. The van der Waals surface area contributed by atoms with Gasteiger partial charge in [0, 0.05) is 0 Å².